The summed E-state index contributed by atoms with van der Waals surface area (Å²) in [6, 6.07) is 21.1. The molecular weight excluding hydrogens is 388 g/mol. The van der Waals surface area contributed by atoms with Crippen molar-refractivity contribution >= 4 is 29.4 Å². The molecule has 0 spiro atoms. The van der Waals surface area contributed by atoms with E-state index < -0.39 is 5.97 Å². The number of esters is 1. The fourth-order valence-corrected chi connectivity index (χ4v) is 2.82. The molecule has 0 aliphatic heterocycles. The number of ketones is 1. The first-order valence-corrected chi connectivity index (χ1v) is 9.36. The Balaban J connectivity index is 1.52. The summed E-state index contributed by atoms with van der Waals surface area (Å²) in [5.74, 6) is 0.394. The van der Waals surface area contributed by atoms with Gasteiger partial charge in [0.2, 0.25) is 0 Å². The van der Waals surface area contributed by atoms with Crippen molar-refractivity contribution < 1.29 is 19.1 Å². The zero-order valence-electron chi connectivity index (χ0n) is 15.8. The summed E-state index contributed by atoms with van der Waals surface area (Å²) in [6.07, 6.45) is 3.23. The van der Waals surface area contributed by atoms with Gasteiger partial charge in [0.1, 0.15) is 11.5 Å². The minimum absolute atomic E-state index is 0.0734. The van der Waals surface area contributed by atoms with Crippen LogP contribution in [0.4, 0.5) is 0 Å². The summed E-state index contributed by atoms with van der Waals surface area (Å²) in [5, 5.41) is 0.608. The van der Waals surface area contributed by atoms with Crippen LogP contribution < -0.4 is 9.47 Å². The quantitative estimate of drug-likeness (QED) is 0.224. The van der Waals surface area contributed by atoms with Crippen LogP contribution in [0.15, 0.2) is 78.9 Å². The Morgan fingerprint density at radius 2 is 1.69 bits per heavy atom. The Labute approximate surface area is 174 Å². The van der Waals surface area contributed by atoms with Crippen LogP contribution in [0.5, 0.6) is 11.5 Å². The van der Waals surface area contributed by atoms with Crippen molar-refractivity contribution in [3.63, 3.8) is 0 Å². The number of hydrogen-bond donors (Lipinski definition) is 0. The lowest BCUT2D eigenvalue weighted by Crippen LogP contribution is -2.18. The monoisotopic (exact) mass is 406 g/mol. The van der Waals surface area contributed by atoms with Crippen LogP contribution >= 0.6 is 11.6 Å². The minimum atomic E-state index is -0.512. The zero-order chi connectivity index (χ0) is 20.6. The van der Waals surface area contributed by atoms with Gasteiger partial charge in [-0.25, -0.2) is 4.79 Å². The first-order valence-electron chi connectivity index (χ1n) is 8.98. The molecule has 5 heteroatoms. The molecule has 0 atom stereocenters. The molecule has 0 saturated carbocycles. The fourth-order valence-electron chi connectivity index (χ4n) is 2.59. The molecule has 0 radical (unpaired) electrons. The number of aryl methyl sites for hydroxylation is 1. The van der Waals surface area contributed by atoms with Crippen LogP contribution in [0.1, 0.15) is 21.5 Å². The Morgan fingerprint density at radius 3 is 2.38 bits per heavy atom. The number of carbonyl (C=O) groups is 2. The van der Waals surface area contributed by atoms with Gasteiger partial charge in [-0.3, -0.25) is 4.79 Å². The highest BCUT2D eigenvalue weighted by molar-refractivity contribution is 6.30. The third-order valence-electron chi connectivity index (χ3n) is 4.08. The summed E-state index contributed by atoms with van der Waals surface area (Å²) in [7, 11) is 0. The van der Waals surface area contributed by atoms with E-state index in [0.29, 0.717) is 22.1 Å². The Hall–Kier alpha value is -3.37. The fraction of sp³-hybridized carbons (Fsp3) is 0.0833. The molecule has 4 nitrogen and oxygen atoms in total. The molecule has 3 rings (SSSR count). The third kappa shape index (κ3) is 6.06. The topological polar surface area (TPSA) is 52.6 Å². The second-order valence-electron chi connectivity index (χ2n) is 6.31. The highest BCUT2D eigenvalue weighted by atomic mass is 35.5. The van der Waals surface area contributed by atoms with Crippen molar-refractivity contribution in [2.75, 3.05) is 6.61 Å². The lowest BCUT2D eigenvalue weighted by Gasteiger charge is -2.09. The molecule has 0 N–H and O–H groups in total. The summed E-state index contributed by atoms with van der Waals surface area (Å²) in [5.41, 5.74) is 2.29. The highest BCUT2D eigenvalue weighted by Crippen LogP contribution is 2.22. The highest BCUT2D eigenvalue weighted by Gasteiger charge is 2.08. The van der Waals surface area contributed by atoms with Gasteiger partial charge in [-0.05, 0) is 54.5 Å². The van der Waals surface area contributed by atoms with Crippen LogP contribution in [-0.4, -0.2) is 18.4 Å². The molecule has 0 unspecified atom stereocenters. The number of ether oxygens (including phenoxy) is 2. The standard InChI is InChI=1S/C24H19ClO4/c1-17-15-20(25)10-14-23(17)28-16-24(27)29-21-11-7-18(8-12-21)9-13-22(26)19-5-3-2-4-6-19/h2-15H,16H2,1H3/b13-9+. The maximum atomic E-state index is 12.1. The summed E-state index contributed by atoms with van der Waals surface area (Å²) < 4.78 is 10.7. The maximum absolute atomic E-state index is 12.1. The average Bonchev–Trinajstić information content (AvgIpc) is 2.73. The molecule has 146 valence electrons. The molecular formula is C24H19ClO4. The zero-order valence-corrected chi connectivity index (χ0v) is 16.6. The van der Waals surface area contributed by atoms with E-state index in [2.05, 4.69) is 0 Å². The number of benzene rings is 3. The normalized spacial score (nSPS) is 10.7. The van der Waals surface area contributed by atoms with E-state index >= 15 is 0 Å². The molecule has 0 aliphatic rings. The summed E-state index contributed by atoms with van der Waals surface area (Å²) in [4.78, 5) is 24.1. The number of rotatable bonds is 7. The van der Waals surface area contributed by atoms with Crippen LogP contribution in [0.2, 0.25) is 5.02 Å². The third-order valence-corrected chi connectivity index (χ3v) is 4.31. The summed E-state index contributed by atoms with van der Waals surface area (Å²) >= 11 is 5.90. The van der Waals surface area contributed by atoms with Gasteiger partial charge in [-0.15, -0.1) is 0 Å². The van der Waals surface area contributed by atoms with Gasteiger partial charge in [0, 0.05) is 10.6 Å². The van der Waals surface area contributed by atoms with Crippen molar-refractivity contribution in [3.05, 3.63) is 101 Å². The Bertz CT molecular complexity index is 1020. The Morgan fingerprint density at radius 1 is 0.966 bits per heavy atom. The van der Waals surface area contributed by atoms with Gasteiger partial charge in [-0.2, -0.15) is 0 Å². The molecule has 29 heavy (non-hydrogen) atoms. The van der Waals surface area contributed by atoms with Crippen LogP contribution in [0.25, 0.3) is 6.08 Å². The van der Waals surface area contributed by atoms with E-state index in [4.69, 9.17) is 21.1 Å². The second-order valence-corrected chi connectivity index (χ2v) is 6.74. The van der Waals surface area contributed by atoms with E-state index in [1.165, 1.54) is 6.08 Å². The first kappa shape index (κ1) is 20.4. The van der Waals surface area contributed by atoms with Crippen molar-refractivity contribution in [1.82, 2.24) is 0 Å². The van der Waals surface area contributed by atoms with Gasteiger partial charge in [-0.1, -0.05) is 60.1 Å². The number of hydrogen-bond acceptors (Lipinski definition) is 4. The van der Waals surface area contributed by atoms with E-state index in [9.17, 15) is 9.59 Å². The van der Waals surface area contributed by atoms with Gasteiger partial charge < -0.3 is 9.47 Å². The Kier molecular flexibility index (Phi) is 6.82. The van der Waals surface area contributed by atoms with E-state index in [1.54, 1.807) is 60.7 Å². The molecule has 0 fully saturated rings. The van der Waals surface area contributed by atoms with Crippen LogP contribution in [0, 0.1) is 6.92 Å². The van der Waals surface area contributed by atoms with Crippen LogP contribution in [-0.2, 0) is 4.79 Å². The van der Waals surface area contributed by atoms with E-state index in [-0.39, 0.29) is 12.4 Å². The molecule has 0 bridgehead atoms. The predicted molar refractivity (Wildman–Crippen MR) is 114 cm³/mol. The van der Waals surface area contributed by atoms with Gasteiger partial charge in [0.15, 0.2) is 12.4 Å². The first-order chi connectivity index (χ1) is 14.0. The largest absolute Gasteiger partial charge is 0.482 e. The van der Waals surface area contributed by atoms with Crippen LogP contribution in [0.3, 0.4) is 0 Å². The molecule has 0 saturated heterocycles. The molecule has 0 aliphatic carbocycles. The number of halogens is 1. The van der Waals surface area contributed by atoms with E-state index in [1.807, 2.05) is 25.1 Å². The lowest BCUT2D eigenvalue weighted by atomic mass is 10.1. The molecule has 0 heterocycles. The molecule has 3 aromatic rings. The summed E-state index contributed by atoms with van der Waals surface area (Å²) in [6.45, 7) is 1.64. The van der Waals surface area contributed by atoms with Crippen molar-refractivity contribution in [2.24, 2.45) is 0 Å². The number of carbonyl (C=O) groups excluding carboxylic acids is 2. The van der Waals surface area contributed by atoms with E-state index in [0.717, 1.165) is 11.1 Å². The van der Waals surface area contributed by atoms with Crippen molar-refractivity contribution in [2.45, 2.75) is 6.92 Å². The number of allylic oxidation sites excluding steroid dienone is 1. The van der Waals surface area contributed by atoms with Gasteiger partial charge in [0.05, 0.1) is 0 Å². The lowest BCUT2D eigenvalue weighted by molar-refractivity contribution is -0.136. The molecule has 3 aromatic carbocycles. The molecule has 0 amide bonds. The van der Waals surface area contributed by atoms with Crippen molar-refractivity contribution in [1.29, 1.82) is 0 Å². The van der Waals surface area contributed by atoms with Gasteiger partial charge >= 0.3 is 5.97 Å². The van der Waals surface area contributed by atoms with Gasteiger partial charge in [0.25, 0.3) is 0 Å². The second kappa shape index (κ2) is 9.71. The minimum Gasteiger partial charge on any atom is -0.482 e. The predicted octanol–water partition coefficient (Wildman–Crippen LogP) is 5.53. The average molecular weight is 407 g/mol. The van der Waals surface area contributed by atoms with Crippen molar-refractivity contribution in [3.8, 4) is 11.5 Å². The maximum Gasteiger partial charge on any atom is 0.349 e. The SMILES string of the molecule is Cc1cc(Cl)ccc1OCC(=O)Oc1ccc(/C=C/C(=O)c2ccccc2)cc1. The molecule has 0 aromatic heterocycles. The smallest absolute Gasteiger partial charge is 0.349 e.